The summed E-state index contributed by atoms with van der Waals surface area (Å²) in [5.74, 6) is -0.175. The van der Waals surface area contributed by atoms with Gasteiger partial charge in [0.15, 0.2) is 0 Å². The average molecular weight is 206 g/mol. The van der Waals surface area contributed by atoms with Crippen molar-refractivity contribution >= 4 is 5.97 Å². The van der Waals surface area contributed by atoms with Crippen LogP contribution in [0.3, 0.4) is 0 Å². The number of hydrogen-bond acceptors (Lipinski definition) is 2. The number of esters is 1. The minimum Gasteiger partial charge on any atom is -0.457 e. The van der Waals surface area contributed by atoms with Gasteiger partial charge in [-0.1, -0.05) is 32.4 Å². The van der Waals surface area contributed by atoms with Crippen LogP contribution in [0.1, 0.15) is 47.3 Å². The van der Waals surface area contributed by atoms with Crippen LogP contribution in [0.4, 0.5) is 0 Å². The quantitative estimate of drug-likeness (QED) is 0.608. The lowest BCUT2D eigenvalue weighted by Crippen LogP contribution is -1.97. The van der Waals surface area contributed by atoms with Gasteiger partial charge < -0.3 is 4.74 Å². The van der Waals surface area contributed by atoms with Gasteiger partial charge in [0.1, 0.15) is 6.61 Å². The second-order valence-corrected chi connectivity index (χ2v) is 3.84. The predicted molar refractivity (Wildman–Crippen MR) is 61.0 cm³/mol. The van der Waals surface area contributed by atoms with E-state index in [1.807, 2.05) is 26.0 Å². The molecule has 0 aliphatic carbocycles. The summed E-state index contributed by atoms with van der Waals surface area (Å²) in [6.45, 7) is 8.63. The lowest BCUT2D eigenvalue weighted by molar-refractivity contribution is 0.0534. The molecule has 1 heterocycles. The highest BCUT2D eigenvalue weighted by Crippen LogP contribution is 2.25. The molecule has 0 radical (unpaired) electrons. The fourth-order valence-corrected chi connectivity index (χ4v) is 1.55. The maximum atomic E-state index is 11.2. The molecule has 1 aromatic carbocycles. The molecule has 0 amide bonds. The van der Waals surface area contributed by atoms with E-state index in [4.69, 9.17) is 4.74 Å². The van der Waals surface area contributed by atoms with Crippen molar-refractivity contribution in [3.05, 3.63) is 34.4 Å². The molecule has 0 fully saturated rings. The highest BCUT2D eigenvalue weighted by molar-refractivity contribution is 5.95. The molecule has 1 aromatic rings. The predicted octanol–water partition coefficient (Wildman–Crippen LogP) is 3.39. The number of carbonyl (C=O) groups is 1. The Bertz CT molecular complexity index is 367. The van der Waals surface area contributed by atoms with Gasteiger partial charge in [-0.15, -0.1) is 0 Å². The van der Waals surface area contributed by atoms with E-state index >= 15 is 0 Å². The van der Waals surface area contributed by atoms with Crippen LogP contribution in [0.25, 0.3) is 0 Å². The molecule has 82 valence electrons. The summed E-state index contributed by atoms with van der Waals surface area (Å²) in [5.41, 5.74) is 3.98. The lowest BCUT2D eigenvalue weighted by atomic mass is 10.00. The SMILES string of the molecule is CCC.Cc1ccc(C)c2c1COC2=O. The summed E-state index contributed by atoms with van der Waals surface area (Å²) in [6, 6.07) is 3.98. The first-order valence-electron chi connectivity index (χ1n) is 5.38. The molecular weight excluding hydrogens is 188 g/mol. The minimum absolute atomic E-state index is 0.175. The van der Waals surface area contributed by atoms with Crippen LogP contribution in [-0.4, -0.2) is 5.97 Å². The van der Waals surface area contributed by atoms with E-state index in [1.165, 1.54) is 6.42 Å². The third-order valence-corrected chi connectivity index (χ3v) is 2.31. The maximum absolute atomic E-state index is 11.2. The van der Waals surface area contributed by atoms with Gasteiger partial charge in [0, 0.05) is 5.56 Å². The molecule has 0 saturated heterocycles. The van der Waals surface area contributed by atoms with E-state index in [-0.39, 0.29) is 5.97 Å². The van der Waals surface area contributed by atoms with Crippen molar-refractivity contribution in [2.75, 3.05) is 0 Å². The summed E-state index contributed by atoms with van der Waals surface area (Å²) in [5, 5.41) is 0. The van der Waals surface area contributed by atoms with E-state index in [9.17, 15) is 4.79 Å². The molecule has 0 bridgehead atoms. The Kier molecular flexibility index (Phi) is 3.89. The summed E-state index contributed by atoms with van der Waals surface area (Å²) in [4.78, 5) is 11.2. The molecule has 0 aromatic heterocycles. The first kappa shape index (κ1) is 11.8. The van der Waals surface area contributed by atoms with Crippen LogP contribution in [0.15, 0.2) is 12.1 Å². The van der Waals surface area contributed by atoms with Gasteiger partial charge >= 0.3 is 5.97 Å². The summed E-state index contributed by atoms with van der Waals surface area (Å²) >= 11 is 0. The fourth-order valence-electron chi connectivity index (χ4n) is 1.55. The van der Waals surface area contributed by atoms with Gasteiger partial charge in [-0.2, -0.15) is 0 Å². The smallest absolute Gasteiger partial charge is 0.339 e. The van der Waals surface area contributed by atoms with E-state index < -0.39 is 0 Å². The molecule has 2 rings (SSSR count). The van der Waals surface area contributed by atoms with Crippen LogP contribution >= 0.6 is 0 Å². The molecule has 0 unspecified atom stereocenters. The number of carbonyl (C=O) groups excluding carboxylic acids is 1. The zero-order valence-electron chi connectivity index (χ0n) is 9.89. The fraction of sp³-hybridized carbons (Fsp3) is 0.462. The van der Waals surface area contributed by atoms with Crippen molar-refractivity contribution in [1.82, 2.24) is 0 Å². The number of benzene rings is 1. The van der Waals surface area contributed by atoms with Gasteiger partial charge in [0.2, 0.25) is 0 Å². The summed E-state index contributed by atoms with van der Waals surface area (Å²) < 4.78 is 4.95. The lowest BCUT2D eigenvalue weighted by Gasteiger charge is -2.01. The second kappa shape index (κ2) is 4.96. The van der Waals surface area contributed by atoms with E-state index in [2.05, 4.69) is 13.8 Å². The standard InChI is InChI=1S/C10H10O2.C3H8/c1-6-3-4-7(2)9-8(6)5-12-10(9)11;1-3-2/h3-4H,5H2,1-2H3;3H2,1-2H3. The Labute approximate surface area is 91.3 Å². The molecule has 2 nitrogen and oxygen atoms in total. The molecule has 0 saturated carbocycles. The van der Waals surface area contributed by atoms with Crippen LogP contribution < -0.4 is 0 Å². The normalized spacial score (nSPS) is 12.7. The molecule has 0 spiro atoms. The Morgan fingerprint density at radius 1 is 1.20 bits per heavy atom. The Morgan fingerprint density at radius 3 is 2.27 bits per heavy atom. The number of ether oxygens (including phenoxy) is 1. The third-order valence-electron chi connectivity index (χ3n) is 2.31. The Morgan fingerprint density at radius 2 is 1.73 bits per heavy atom. The number of fused-ring (bicyclic) bond motifs is 1. The molecule has 0 N–H and O–H groups in total. The third kappa shape index (κ3) is 2.38. The number of cyclic esters (lactones) is 1. The van der Waals surface area contributed by atoms with Crippen molar-refractivity contribution < 1.29 is 9.53 Å². The van der Waals surface area contributed by atoms with Crippen molar-refractivity contribution in [2.45, 2.75) is 40.7 Å². The minimum atomic E-state index is -0.175. The maximum Gasteiger partial charge on any atom is 0.339 e. The van der Waals surface area contributed by atoms with Gasteiger partial charge in [-0.25, -0.2) is 4.79 Å². The summed E-state index contributed by atoms with van der Waals surface area (Å²) in [7, 11) is 0. The van der Waals surface area contributed by atoms with E-state index in [0.717, 1.165) is 22.3 Å². The van der Waals surface area contributed by atoms with E-state index in [1.54, 1.807) is 0 Å². The first-order chi connectivity index (χ1) is 7.11. The molecule has 2 heteroatoms. The van der Waals surface area contributed by atoms with Crippen molar-refractivity contribution in [2.24, 2.45) is 0 Å². The topological polar surface area (TPSA) is 26.3 Å². The van der Waals surface area contributed by atoms with Crippen molar-refractivity contribution in [3.8, 4) is 0 Å². The largest absolute Gasteiger partial charge is 0.457 e. The monoisotopic (exact) mass is 206 g/mol. The van der Waals surface area contributed by atoms with Gasteiger partial charge in [-0.3, -0.25) is 0 Å². The molecule has 0 atom stereocenters. The molecule has 15 heavy (non-hydrogen) atoms. The molecular formula is C13H18O2. The highest BCUT2D eigenvalue weighted by Gasteiger charge is 2.24. The number of rotatable bonds is 0. The van der Waals surface area contributed by atoms with Crippen molar-refractivity contribution in [3.63, 3.8) is 0 Å². The van der Waals surface area contributed by atoms with Gasteiger partial charge in [-0.05, 0) is 25.0 Å². The number of aryl methyl sites for hydroxylation is 2. The second-order valence-electron chi connectivity index (χ2n) is 3.84. The van der Waals surface area contributed by atoms with Gasteiger partial charge in [0.05, 0.1) is 5.56 Å². The summed E-state index contributed by atoms with van der Waals surface area (Å²) in [6.07, 6.45) is 1.25. The highest BCUT2D eigenvalue weighted by atomic mass is 16.5. The van der Waals surface area contributed by atoms with Crippen LogP contribution in [0, 0.1) is 13.8 Å². The average Bonchev–Trinajstić information content (AvgIpc) is 2.57. The van der Waals surface area contributed by atoms with Crippen LogP contribution in [-0.2, 0) is 11.3 Å². The zero-order chi connectivity index (χ0) is 11.4. The van der Waals surface area contributed by atoms with Crippen molar-refractivity contribution in [1.29, 1.82) is 0 Å². The Hall–Kier alpha value is -1.31. The molecule has 1 aliphatic heterocycles. The first-order valence-corrected chi connectivity index (χ1v) is 5.38. The number of hydrogen-bond donors (Lipinski definition) is 0. The van der Waals surface area contributed by atoms with Crippen LogP contribution in [0.5, 0.6) is 0 Å². The van der Waals surface area contributed by atoms with Gasteiger partial charge in [0.25, 0.3) is 0 Å². The van der Waals surface area contributed by atoms with E-state index in [0.29, 0.717) is 6.61 Å². The Balaban J connectivity index is 0.000000337. The molecule has 1 aliphatic rings. The van der Waals surface area contributed by atoms with Crippen LogP contribution in [0.2, 0.25) is 0 Å². The zero-order valence-corrected chi connectivity index (χ0v) is 9.89.